The molecule has 3 heterocycles. The lowest BCUT2D eigenvalue weighted by Gasteiger charge is -2.10. The molecule has 2 aromatic heterocycles. The third-order valence-electron chi connectivity index (χ3n) is 6.26. The Kier molecular flexibility index (Phi) is 3.03. The highest BCUT2D eigenvalue weighted by Gasteiger charge is 2.31. The maximum Gasteiger partial charge on any atom is 0.252 e. The van der Waals surface area contributed by atoms with Crippen molar-refractivity contribution in [3.05, 3.63) is 59.7 Å². The van der Waals surface area contributed by atoms with E-state index in [0.29, 0.717) is 6.54 Å². The van der Waals surface area contributed by atoms with Crippen molar-refractivity contribution < 1.29 is 4.79 Å². The minimum atomic E-state index is 0.0468. The Morgan fingerprint density at radius 1 is 0.929 bits per heavy atom. The van der Waals surface area contributed by atoms with Crippen LogP contribution in [0.5, 0.6) is 0 Å². The largest absolute Gasteiger partial charge is 0.348 e. The second-order valence-corrected chi connectivity index (χ2v) is 7.73. The zero-order valence-corrected chi connectivity index (χ0v) is 16.0. The average molecular weight is 367 g/mol. The molecule has 1 amide bonds. The highest BCUT2D eigenvalue weighted by molar-refractivity contribution is 6.30. The van der Waals surface area contributed by atoms with Crippen LogP contribution in [0.1, 0.15) is 29.3 Å². The fraction of sp³-hybridized carbons (Fsp3) is 0.208. The SMILES string of the molecule is CCCn1c2ccccc2c2c3c(c4c5ccccc5n(C)c4c21)C(=O)NC3. The Morgan fingerprint density at radius 3 is 2.36 bits per heavy atom. The van der Waals surface area contributed by atoms with E-state index < -0.39 is 0 Å². The highest BCUT2D eigenvalue weighted by Crippen LogP contribution is 2.44. The van der Waals surface area contributed by atoms with Gasteiger partial charge < -0.3 is 14.5 Å². The molecule has 1 aliphatic rings. The van der Waals surface area contributed by atoms with Crippen molar-refractivity contribution in [3.8, 4) is 0 Å². The number of carbonyl (C=O) groups excluding carboxylic acids is 1. The molecule has 0 unspecified atom stereocenters. The van der Waals surface area contributed by atoms with Crippen LogP contribution in [0.15, 0.2) is 48.5 Å². The number of nitrogens with one attached hydrogen (secondary N) is 1. The van der Waals surface area contributed by atoms with Crippen LogP contribution in [0.25, 0.3) is 43.6 Å². The van der Waals surface area contributed by atoms with E-state index in [0.717, 1.165) is 40.4 Å². The molecule has 1 aliphatic heterocycles. The molecule has 0 spiro atoms. The maximum atomic E-state index is 12.9. The lowest BCUT2D eigenvalue weighted by molar-refractivity contribution is 0.0967. The van der Waals surface area contributed by atoms with Crippen LogP contribution in [0, 0.1) is 0 Å². The molecule has 0 radical (unpaired) electrons. The molecular formula is C24H21N3O. The Bertz CT molecular complexity index is 1450. The van der Waals surface area contributed by atoms with E-state index in [1.807, 2.05) is 0 Å². The fourth-order valence-electron chi connectivity index (χ4n) is 5.19. The maximum absolute atomic E-state index is 12.9. The van der Waals surface area contributed by atoms with Gasteiger partial charge in [0.1, 0.15) is 0 Å². The summed E-state index contributed by atoms with van der Waals surface area (Å²) < 4.78 is 4.72. The monoisotopic (exact) mass is 367 g/mol. The van der Waals surface area contributed by atoms with Crippen LogP contribution in [0.2, 0.25) is 0 Å². The number of aromatic nitrogens is 2. The van der Waals surface area contributed by atoms with Gasteiger partial charge in [-0.25, -0.2) is 0 Å². The number of para-hydroxylation sites is 2. The van der Waals surface area contributed by atoms with Crippen molar-refractivity contribution in [2.75, 3.05) is 0 Å². The van der Waals surface area contributed by atoms with Gasteiger partial charge in [0.25, 0.3) is 5.91 Å². The molecule has 0 saturated heterocycles. The van der Waals surface area contributed by atoms with Crippen molar-refractivity contribution in [2.24, 2.45) is 7.05 Å². The summed E-state index contributed by atoms with van der Waals surface area (Å²) in [5.74, 6) is 0.0468. The third kappa shape index (κ3) is 1.73. The van der Waals surface area contributed by atoms with Crippen LogP contribution < -0.4 is 5.32 Å². The van der Waals surface area contributed by atoms with E-state index in [4.69, 9.17) is 0 Å². The lowest BCUT2D eigenvalue weighted by Crippen LogP contribution is -2.12. The minimum Gasteiger partial charge on any atom is -0.348 e. The predicted octanol–water partition coefficient (Wildman–Crippen LogP) is 5.09. The normalized spacial score (nSPS) is 13.9. The van der Waals surface area contributed by atoms with Crippen molar-refractivity contribution in [1.29, 1.82) is 0 Å². The molecule has 3 aromatic carbocycles. The zero-order chi connectivity index (χ0) is 19.0. The number of amides is 1. The van der Waals surface area contributed by atoms with Crippen LogP contribution in [0.4, 0.5) is 0 Å². The molecule has 6 rings (SSSR count). The number of carbonyl (C=O) groups is 1. The molecule has 0 aliphatic carbocycles. The number of hydrogen-bond acceptors (Lipinski definition) is 1. The Labute approximate surface area is 162 Å². The van der Waals surface area contributed by atoms with E-state index in [1.54, 1.807) is 0 Å². The van der Waals surface area contributed by atoms with Gasteiger partial charge in [-0.3, -0.25) is 4.79 Å². The molecule has 1 N–H and O–H groups in total. The van der Waals surface area contributed by atoms with E-state index in [2.05, 4.69) is 77.0 Å². The van der Waals surface area contributed by atoms with Gasteiger partial charge in [-0.15, -0.1) is 0 Å². The second-order valence-electron chi connectivity index (χ2n) is 7.73. The summed E-state index contributed by atoms with van der Waals surface area (Å²) in [5.41, 5.74) is 6.84. The molecular weight excluding hydrogens is 346 g/mol. The van der Waals surface area contributed by atoms with E-state index in [1.165, 1.54) is 27.3 Å². The molecule has 0 fully saturated rings. The summed E-state index contributed by atoms with van der Waals surface area (Å²) >= 11 is 0. The molecule has 4 heteroatoms. The van der Waals surface area contributed by atoms with Gasteiger partial charge in [-0.1, -0.05) is 43.3 Å². The lowest BCUT2D eigenvalue weighted by atomic mass is 9.97. The van der Waals surface area contributed by atoms with Crippen LogP contribution in [-0.4, -0.2) is 15.0 Å². The topological polar surface area (TPSA) is 39.0 Å². The molecule has 138 valence electrons. The first-order valence-electron chi connectivity index (χ1n) is 9.93. The number of nitrogens with zero attached hydrogens (tertiary/aromatic N) is 2. The summed E-state index contributed by atoms with van der Waals surface area (Å²) in [6.07, 6.45) is 1.06. The third-order valence-corrected chi connectivity index (χ3v) is 6.26. The van der Waals surface area contributed by atoms with Gasteiger partial charge in [-0.2, -0.15) is 0 Å². The summed E-state index contributed by atoms with van der Waals surface area (Å²) in [5, 5.41) is 7.81. The Morgan fingerprint density at radius 2 is 1.61 bits per heavy atom. The van der Waals surface area contributed by atoms with Crippen molar-refractivity contribution in [3.63, 3.8) is 0 Å². The Hall–Kier alpha value is -3.27. The van der Waals surface area contributed by atoms with E-state index in [-0.39, 0.29) is 5.91 Å². The number of aryl methyl sites for hydroxylation is 2. The van der Waals surface area contributed by atoms with Crippen molar-refractivity contribution in [2.45, 2.75) is 26.4 Å². The first-order valence-corrected chi connectivity index (χ1v) is 9.93. The quantitative estimate of drug-likeness (QED) is 0.464. The fourth-order valence-corrected chi connectivity index (χ4v) is 5.19. The summed E-state index contributed by atoms with van der Waals surface area (Å²) in [6, 6.07) is 17.0. The number of hydrogen-bond donors (Lipinski definition) is 1. The van der Waals surface area contributed by atoms with Crippen LogP contribution >= 0.6 is 0 Å². The molecule has 28 heavy (non-hydrogen) atoms. The van der Waals surface area contributed by atoms with Gasteiger partial charge in [0.2, 0.25) is 0 Å². The molecule has 5 aromatic rings. The first kappa shape index (κ1) is 15.8. The Balaban J connectivity index is 2.02. The zero-order valence-electron chi connectivity index (χ0n) is 16.0. The summed E-state index contributed by atoms with van der Waals surface area (Å²) in [4.78, 5) is 12.9. The van der Waals surface area contributed by atoms with Crippen molar-refractivity contribution in [1.82, 2.24) is 14.5 Å². The summed E-state index contributed by atoms with van der Waals surface area (Å²) in [6.45, 7) is 3.78. The molecule has 4 nitrogen and oxygen atoms in total. The van der Waals surface area contributed by atoms with Gasteiger partial charge in [0, 0.05) is 52.7 Å². The van der Waals surface area contributed by atoms with Crippen LogP contribution in [0.3, 0.4) is 0 Å². The second kappa shape index (κ2) is 5.38. The van der Waals surface area contributed by atoms with Gasteiger partial charge >= 0.3 is 0 Å². The predicted molar refractivity (Wildman–Crippen MR) is 115 cm³/mol. The molecule has 0 saturated carbocycles. The molecule has 0 atom stereocenters. The van der Waals surface area contributed by atoms with Crippen molar-refractivity contribution >= 4 is 49.5 Å². The minimum absolute atomic E-state index is 0.0468. The van der Waals surface area contributed by atoms with E-state index in [9.17, 15) is 4.79 Å². The van der Waals surface area contributed by atoms with Gasteiger partial charge in [-0.05, 0) is 24.1 Å². The van der Waals surface area contributed by atoms with E-state index >= 15 is 0 Å². The van der Waals surface area contributed by atoms with Crippen LogP contribution in [-0.2, 0) is 20.1 Å². The highest BCUT2D eigenvalue weighted by atomic mass is 16.1. The van der Waals surface area contributed by atoms with Gasteiger partial charge in [0.15, 0.2) is 0 Å². The van der Waals surface area contributed by atoms with Gasteiger partial charge in [0.05, 0.1) is 16.6 Å². The smallest absolute Gasteiger partial charge is 0.252 e. The number of fused-ring (bicyclic) bond motifs is 10. The summed E-state index contributed by atoms with van der Waals surface area (Å²) in [7, 11) is 2.12. The molecule has 0 bridgehead atoms. The first-order chi connectivity index (χ1) is 13.7. The average Bonchev–Trinajstić information content (AvgIpc) is 3.34. The number of rotatable bonds is 2. The number of benzene rings is 3. The standard InChI is InChI=1S/C24H21N3O/c1-3-12-27-18-11-7-5-9-15(18)19-16-13-25-24(28)21(16)20-14-8-4-6-10-17(14)26(2)22(20)23(19)27/h4-11H,3,12-13H2,1-2H3,(H,25,28).